The number of nitrogens with zero attached hydrogens (tertiary/aromatic N) is 1. The van der Waals surface area contributed by atoms with Crippen molar-refractivity contribution in [1.82, 2.24) is 4.98 Å². The van der Waals surface area contributed by atoms with Gasteiger partial charge in [0.1, 0.15) is 0 Å². The van der Waals surface area contributed by atoms with Gasteiger partial charge >= 0.3 is 0 Å². The number of hydrogen-bond donors (Lipinski definition) is 0. The quantitative estimate of drug-likeness (QED) is 0.624. The summed E-state index contributed by atoms with van der Waals surface area (Å²) in [5.74, 6) is 0. The Morgan fingerprint density at radius 2 is 1.89 bits per heavy atom. The molecule has 1 nitrogen and oxygen atoms in total. The van der Waals surface area contributed by atoms with E-state index in [1.54, 1.807) is 11.3 Å². The fourth-order valence-electron chi connectivity index (χ4n) is 2.23. The van der Waals surface area contributed by atoms with Gasteiger partial charge in [0.15, 0.2) is 0 Å². The van der Waals surface area contributed by atoms with E-state index in [4.69, 9.17) is 4.98 Å². The van der Waals surface area contributed by atoms with Gasteiger partial charge in [-0.25, -0.2) is 4.98 Å². The highest BCUT2D eigenvalue weighted by molar-refractivity contribution is 7.09. The van der Waals surface area contributed by atoms with Crippen LogP contribution in [0, 0.1) is 0 Å². The number of thiazole rings is 1. The Kier molecular flexibility index (Phi) is 3.60. The minimum Gasteiger partial charge on any atom is -0.241 e. The summed E-state index contributed by atoms with van der Waals surface area (Å²) in [5, 5.41) is 6.00. The highest BCUT2D eigenvalue weighted by Crippen LogP contribution is 2.26. The van der Waals surface area contributed by atoms with E-state index < -0.39 is 0 Å². The first-order valence-electron chi connectivity index (χ1n) is 6.80. The summed E-state index contributed by atoms with van der Waals surface area (Å²) < 4.78 is 0. The highest BCUT2D eigenvalue weighted by Gasteiger charge is 2.05. The number of aromatic nitrogens is 1. The zero-order valence-corrected chi connectivity index (χ0v) is 11.9. The monoisotopic (exact) mass is 267 g/mol. The van der Waals surface area contributed by atoms with E-state index in [9.17, 15) is 0 Å². The van der Waals surface area contributed by atoms with E-state index >= 15 is 0 Å². The molecule has 19 heavy (non-hydrogen) atoms. The molecule has 0 bridgehead atoms. The van der Waals surface area contributed by atoms with Gasteiger partial charge in [0.25, 0.3) is 0 Å². The van der Waals surface area contributed by atoms with Crippen LogP contribution in [0.25, 0.3) is 22.0 Å². The molecule has 0 aliphatic heterocycles. The zero-order chi connectivity index (χ0) is 13.1. The van der Waals surface area contributed by atoms with Crippen molar-refractivity contribution in [1.29, 1.82) is 0 Å². The molecule has 2 aromatic carbocycles. The van der Waals surface area contributed by atoms with Crippen molar-refractivity contribution in [3.63, 3.8) is 0 Å². The normalized spacial score (nSPS) is 11.0. The lowest BCUT2D eigenvalue weighted by Crippen LogP contribution is -1.84. The zero-order valence-electron chi connectivity index (χ0n) is 11.1. The molecule has 3 aromatic rings. The van der Waals surface area contributed by atoms with Crippen LogP contribution in [0.5, 0.6) is 0 Å². The van der Waals surface area contributed by atoms with Crippen molar-refractivity contribution in [2.24, 2.45) is 0 Å². The van der Waals surface area contributed by atoms with Crippen molar-refractivity contribution in [3.05, 3.63) is 52.9 Å². The maximum atomic E-state index is 4.74. The Balaban J connectivity index is 1.92. The van der Waals surface area contributed by atoms with Crippen LogP contribution >= 0.6 is 11.3 Å². The first-order valence-corrected chi connectivity index (χ1v) is 7.68. The molecule has 0 saturated heterocycles. The lowest BCUT2D eigenvalue weighted by atomic mass is 10.1. The Morgan fingerprint density at radius 3 is 2.74 bits per heavy atom. The van der Waals surface area contributed by atoms with Crippen LogP contribution in [0.2, 0.25) is 0 Å². The van der Waals surface area contributed by atoms with Gasteiger partial charge in [0.05, 0.1) is 10.7 Å². The summed E-state index contributed by atoms with van der Waals surface area (Å²) in [6.45, 7) is 2.22. The number of hydrogen-bond acceptors (Lipinski definition) is 2. The minimum atomic E-state index is 1.11. The summed E-state index contributed by atoms with van der Waals surface area (Å²) in [5.41, 5.74) is 2.33. The molecule has 0 aliphatic rings. The summed E-state index contributed by atoms with van der Waals surface area (Å²) >= 11 is 1.78. The van der Waals surface area contributed by atoms with Crippen LogP contribution in [-0.2, 0) is 6.42 Å². The molecular weight excluding hydrogens is 250 g/mol. The average molecular weight is 267 g/mol. The van der Waals surface area contributed by atoms with Crippen LogP contribution in [0.1, 0.15) is 24.8 Å². The van der Waals surface area contributed by atoms with Crippen LogP contribution in [0.3, 0.4) is 0 Å². The Labute approximate surface area is 117 Å². The molecule has 0 atom stereocenters. The molecule has 2 heteroatoms. The summed E-state index contributed by atoms with van der Waals surface area (Å²) in [7, 11) is 0. The third kappa shape index (κ3) is 2.69. The van der Waals surface area contributed by atoms with Crippen molar-refractivity contribution in [3.8, 4) is 11.3 Å². The predicted octanol–water partition coefficient (Wildman–Crippen LogP) is 5.31. The first-order chi connectivity index (χ1) is 9.36. The molecule has 0 spiro atoms. The number of rotatable bonds is 4. The number of aryl methyl sites for hydroxylation is 1. The summed E-state index contributed by atoms with van der Waals surface area (Å²) in [6, 6.07) is 15.0. The Bertz CT molecular complexity index is 684. The van der Waals surface area contributed by atoms with Crippen LogP contribution < -0.4 is 0 Å². The van der Waals surface area contributed by atoms with Crippen molar-refractivity contribution < 1.29 is 0 Å². The van der Waals surface area contributed by atoms with E-state index in [2.05, 4.69) is 54.8 Å². The number of benzene rings is 2. The third-order valence-electron chi connectivity index (χ3n) is 3.34. The molecule has 0 fully saturated rings. The molecule has 0 amide bonds. The summed E-state index contributed by atoms with van der Waals surface area (Å²) in [6.07, 6.45) is 3.56. The average Bonchev–Trinajstić information content (AvgIpc) is 2.93. The van der Waals surface area contributed by atoms with Crippen molar-refractivity contribution in [2.45, 2.75) is 26.2 Å². The van der Waals surface area contributed by atoms with E-state index in [1.807, 2.05) is 0 Å². The largest absolute Gasteiger partial charge is 0.241 e. The van der Waals surface area contributed by atoms with Gasteiger partial charge in [-0.1, -0.05) is 49.7 Å². The van der Waals surface area contributed by atoms with Gasteiger partial charge in [-0.15, -0.1) is 11.3 Å². The number of fused-ring (bicyclic) bond motifs is 1. The smallest absolute Gasteiger partial charge is 0.0932 e. The van der Waals surface area contributed by atoms with Gasteiger partial charge in [-0.2, -0.15) is 0 Å². The van der Waals surface area contributed by atoms with Gasteiger partial charge in [-0.3, -0.25) is 0 Å². The molecule has 0 radical (unpaired) electrons. The van der Waals surface area contributed by atoms with Crippen molar-refractivity contribution >= 4 is 22.1 Å². The Morgan fingerprint density at radius 1 is 1.05 bits per heavy atom. The van der Waals surface area contributed by atoms with Gasteiger partial charge in [0, 0.05) is 10.9 Å². The van der Waals surface area contributed by atoms with E-state index in [0.29, 0.717) is 0 Å². The van der Waals surface area contributed by atoms with Crippen LogP contribution in [0.4, 0.5) is 0 Å². The minimum absolute atomic E-state index is 1.11. The molecule has 1 heterocycles. The topological polar surface area (TPSA) is 12.9 Å². The first kappa shape index (κ1) is 12.4. The molecule has 0 saturated carbocycles. The lowest BCUT2D eigenvalue weighted by molar-refractivity contribution is 0.790. The van der Waals surface area contributed by atoms with E-state index in [-0.39, 0.29) is 0 Å². The second kappa shape index (κ2) is 5.54. The standard InChI is InChI=1S/C17H17NS/c1-2-3-8-17-18-16(12-19-17)15-10-9-13-6-4-5-7-14(13)11-15/h4-7,9-12H,2-3,8H2,1H3. The molecular formula is C17H17NS. The highest BCUT2D eigenvalue weighted by atomic mass is 32.1. The predicted molar refractivity (Wildman–Crippen MR) is 83.7 cm³/mol. The lowest BCUT2D eigenvalue weighted by Gasteiger charge is -2.00. The van der Waals surface area contributed by atoms with Gasteiger partial charge in [-0.05, 0) is 29.7 Å². The van der Waals surface area contributed by atoms with Gasteiger partial charge < -0.3 is 0 Å². The van der Waals surface area contributed by atoms with Crippen LogP contribution in [0.15, 0.2) is 47.8 Å². The van der Waals surface area contributed by atoms with Gasteiger partial charge in [0.2, 0.25) is 0 Å². The maximum absolute atomic E-state index is 4.74. The maximum Gasteiger partial charge on any atom is 0.0932 e. The van der Waals surface area contributed by atoms with Crippen molar-refractivity contribution in [2.75, 3.05) is 0 Å². The van der Waals surface area contributed by atoms with E-state index in [0.717, 1.165) is 12.1 Å². The molecule has 1 aromatic heterocycles. The second-order valence-corrected chi connectivity index (χ2v) is 5.73. The fourth-order valence-corrected chi connectivity index (χ4v) is 3.08. The van der Waals surface area contributed by atoms with E-state index in [1.165, 1.54) is 34.2 Å². The third-order valence-corrected chi connectivity index (χ3v) is 4.25. The Hall–Kier alpha value is -1.67. The number of unbranched alkanes of at least 4 members (excludes halogenated alkanes) is 1. The van der Waals surface area contributed by atoms with Crippen LogP contribution in [-0.4, -0.2) is 4.98 Å². The fraction of sp³-hybridized carbons (Fsp3) is 0.235. The second-order valence-electron chi connectivity index (χ2n) is 4.79. The molecule has 3 rings (SSSR count). The molecule has 0 aliphatic carbocycles. The molecule has 0 unspecified atom stereocenters. The summed E-state index contributed by atoms with van der Waals surface area (Å²) in [4.78, 5) is 4.74. The molecule has 0 N–H and O–H groups in total. The SMILES string of the molecule is CCCCc1nc(-c2ccc3ccccc3c2)cs1. The molecule has 96 valence electrons.